The zero-order valence-corrected chi connectivity index (χ0v) is 20.7. The van der Waals surface area contributed by atoms with Gasteiger partial charge in [0, 0.05) is 18.0 Å². The smallest absolute Gasteiger partial charge is 0.262 e. The molecule has 1 heterocycles. The van der Waals surface area contributed by atoms with Gasteiger partial charge in [-0.1, -0.05) is 0 Å². The number of amides is 2. The summed E-state index contributed by atoms with van der Waals surface area (Å²) in [5, 5.41) is 15.4. The summed E-state index contributed by atoms with van der Waals surface area (Å²) in [6.07, 6.45) is 3.61. The molecule has 4 N–H and O–H groups in total. The summed E-state index contributed by atoms with van der Waals surface area (Å²) in [5.74, 6) is 0.504. The molecule has 2 aromatic carbocycles. The Morgan fingerprint density at radius 1 is 1.03 bits per heavy atom. The molecule has 2 aromatic rings. The standard InChI is InChI=1S/C25H31N3O6S/c1-26-22(29)20-8-5-18(15-21(20)33-2)34-17-3-6-19(7-4-17)35(32)25(23(30)28-31)10-9-24(16-25)11-13-27-14-12-24/h3-8,15,27,31H,9-14,16H2,1-2H3,(H,26,29)(H,28,30). The number of ether oxygens (including phenoxy) is 2. The normalized spacial score (nSPS) is 21.8. The van der Waals surface area contributed by atoms with Crippen molar-refractivity contribution in [2.24, 2.45) is 5.41 Å². The molecule has 2 aliphatic rings. The topological polar surface area (TPSA) is 126 Å². The van der Waals surface area contributed by atoms with E-state index >= 15 is 0 Å². The lowest BCUT2D eigenvalue weighted by molar-refractivity contribution is -0.132. The lowest BCUT2D eigenvalue weighted by atomic mass is 9.77. The Kier molecular flexibility index (Phi) is 7.44. The molecule has 2 atom stereocenters. The molecule has 10 heteroatoms. The van der Waals surface area contributed by atoms with Gasteiger partial charge >= 0.3 is 0 Å². The maximum Gasteiger partial charge on any atom is 0.262 e. The van der Waals surface area contributed by atoms with E-state index in [0.29, 0.717) is 40.5 Å². The molecule has 1 aliphatic carbocycles. The summed E-state index contributed by atoms with van der Waals surface area (Å²) in [6.45, 7) is 1.76. The highest BCUT2D eigenvalue weighted by Crippen LogP contribution is 2.53. The van der Waals surface area contributed by atoms with Gasteiger partial charge in [0.1, 0.15) is 22.0 Å². The van der Waals surface area contributed by atoms with E-state index in [1.54, 1.807) is 55.0 Å². The zero-order valence-electron chi connectivity index (χ0n) is 19.9. The molecule has 188 valence electrons. The van der Waals surface area contributed by atoms with E-state index < -0.39 is 21.5 Å². The van der Waals surface area contributed by atoms with Gasteiger partial charge in [0.25, 0.3) is 11.8 Å². The molecule has 0 radical (unpaired) electrons. The molecule has 0 bridgehead atoms. The zero-order chi connectivity index (χ0) is 25.1. The molecule has 1 aliphatic heterocycles. The van der Waals surface area contributed by atoms with Crippen LogP contribution in [0.1, 0.15) is 42.5 Å². The Morgan fingerprint density at radius 2 is 1.71 bits per heavy atom. The molecule has 2 amide bonds. The molecule has 4 rings (SSSR count). The van der Waals surface area contributed by atoms with Gasteiger partial charge in [0.05, 0.1) is 23.5 Å². The van der Waals surface area contributed by atoms with E-state index in [-0.39, 0.29) is 11.3 Å². The van der Waals surface area contributed by atoms with Gasteiger partial charge in [-0.05, 0) is 87.0 Å². The van der Waals surface area contributed by atoms with Gasteiger partial charge in [-0.15, -0.1) is 0 Å². The number of carbonyl (C=O) groups is 2. The fourth-order valence-corrected chi connectivity index (χ4v) is 7.00. The molecular weight excluding hydrogens is 470 g/mol. The van der Waals surface area contributed by atoms with Gasteiger partial charge in [0.15, 0.2) is 0 Å². The highest BCUT2D eigenvalue weighted by atomic mass is 32.2. The quantitative estimate of drug-likeness (QED) is 0.340. The number of benzene rings is 2. The van der Waals surface area contributed by atoms with Crippen molar-refractivity contribution in [1.82, 2.24) is 16.1 Å². The molecule has 2 unspecified atom stereocenters. The van der Waals surface area contributed by atoms with Crippen LogP contribution in [-0.2, 0) is 15.6 Å². The van der Waals surface area contributed by atoms with Crippen LogP contribution in [0.2, 0.25) is 0 Å². The lowest BCUT2D eigenvalue weighted by Crippen LogP contribution is -2.48. The second-order valence-corrected chi connectivity index (χ2v) is 10.9. The number of carbonyl (C=O) groups excluding carboxylic acids is 2. The third kappa shape index (κ3) is 4.91. The molecule has 1 spiro atoms. The maximum atomic E-state index is 13.7. The van der Waals surface area contributed by atoms with Crippen molar-refractivity contribution in [3.05, 3.63) is 48.0 Å². The van der Waals surface area contributed by atoms with Crippen LogP contribution in [-0.4, -0.2) is 53.2 Å². The maximum absolute atomic E-state index is 13.7. The summed E-state index contributed by atoms with van der Waals surface area (Å²) in [5.41, 5.74) is 2.14. The predicted molar refractivity (Wildman–Crippen MR) is 130 cm³/mol. The molecule has 9 nitrogen and oxygen atoms in total. The van der Waals surface area contributed by atoms with Crippen molar-refractivity contribution in [2.45, 2.75) is 41.7 Å². The number of hydroxylamine groups is 1. The number of rotatable bonds is 7. The monoisotopic (exact) mass is 501 g/mol. The van der Waals surface area contributed by atoms with Gasteiger partial charge in [0.2, 0.25) is 0 Å². The molecule has 1 saturated carbocycles. The number of nitrogens with one attached hydrogen (secondary N) is 3. The van der Waals surface area contributed by atoms with Crippen molar-refractivity contribution in [2.75, 3.05) is 27.2 Å². The SMILES string of the molecule is CNC(=O)c1ccc(Oc2ccc(S(=O)C3(C(=O)NO)CCC4(CCNCC4)C3)cc2)cc1OC. The summed E-state index contributed by atoms with van der Waals surface area (Å²) in [7, 11) is 1.37. The fourth-order valence-electron chi connectivity index (χ4n) is 5.22. The Hall–Kier alpha value is -2.95. The van der Waals surface area contributed by atoms with Crippen LogP contribution in [0.15, 0.2) is 47.4 Å². The predicted octanol–water partition coefficient (Wildman–Crippen LogP) is 2.75. The van der Waals surface area contributed by atoms with Gasteiger partial charge in [-0.3, -0.25) is 19.0 Å². The Bertz CT molecular complexity index is 1120. The first kappa shape index (κ1) is 25.2. The average molecular weight is 502 g/mol. The number of methoxy groups -OCH3 is 1. The molecular formula is C25H31N3O6S. The van der Waals surface area contributed by atoms with Crippen LogP contribution in [0.25, 0.3) is 0 Å². The molecule has 0 aromatic heterocycles. The second kappa shape index (κ2) is 10.3. The van der Waals surface area contributed by atoms with Crippen LogP contribution in [0, 0.1) is 5.41 Å². The fraction of sp³-hybridized carbons (Fsp3) is 0.440. The summed E-state index contributed by atoms with van der Waals surface area (Å²) < 4.78 is 23.7. The minimum atomic E-state index is -1.66. The first-order valence-corrected chi connectivity index (χ1v) is 12.8. The van der Waals surface area contributed by atoms with E-state index in [2.05, 4.69) is 10.6 Å². The van der Waals surface area contributed by atoms with Crippen molar-refractivity contribution >= 4 is 22.6 Å². The molecule has 2 fully saturated rings. The van der Waals surface area contributed by atoms with E-state index in [1.807, 2.05) is 0 Å². The van der Waals surface area contributed by atoms with Crippen molar-refractivity contribution in [3.8, 4) is 17.2 Å². The highest BCUT2D eigenvalue weighted by molar-refractivity contribution is 7.87. The largest absolute Gasteiger partial charge is 0.496 e. The third-order valence-corrected chi connectivity index (χ3v) is 9.12. The first-order chi connectivity index (χ1) is 16.9. The minimum absolute atomic E-state index is 0.0314. The van der Waals surface area contributed by atoms with Crippen LogP contribution >= 0.6 is 0 Å². The van der Waals surface area contributed by atoms with Gasteiger partial charge in [-0.25, -0.2) is 5.48 Å². The number of hydrogen-bond acceptors (Lipinski definition) is 7. The lowest BCUT2D eigenvalue weighted by Gasteiger charge is -2.36. The van der Waals surface area contributed by atoms with E-state index in [0.717, 1.165) is 32.4 Å². The van der Waals surface area contributed by atoms with Crippen LogP contribution < -0.4 is 25.6 Å². The van der Waals surface area contributed by atoms with Crippen molar-refractivity contribution in [1.29, 1.82) is 0 Å². The van der Waals surface area contributed by atoms with E-state index in [1.165, 1.54) is 7.11 Å². The second-order valence-electron chi connectivity index (χ2n) is 9.15. The number of hydrogen-bond donors (Lipinski definition) is 4. The van der Waals surface area contributed by atoms with Crippen LogP contribution in [0.4, 0.5) is 0 Å². The van der Waals surface area contributed by atoms with Crippen LogP contribution in [0.5, 0.6) is 17.2 Å². The Balaban J connectivity index is 1.53. The van der Waals surface area contributed by atoms with Gasteiger partial charge < -0.3 is 20.1 Å². The van der Waals surface area contributed by atoms with Crippen LogP contribution in [0.3, 0.4) is 0 Å². The molecule has 35 heavy (non-hydrogen) atoms. The highest BCUT2D eigenvalue weighted by Gasteiger charge is 2.56. The Labute approximate surface area is 207 Å². The van der Waals surface area contributed by atoms with Gasteiger partial charge in [-0.2, -0.15) is 0 Å². The van der Waals surface area contributed by atoms with Crippen molar-refractivity contribution in [3.63, 3.8) is 0 Å². The number of piperidine rings is 1. The van der Waals surface area contributed by atoms with E-state index in [9.17, 15) is 19.0 Å². The summed E-state index contributed by atoms with van der Waals surface area (Å²) in [6, 6.07) is 11.6. The van der Waals surface area contributed by atoms with Crippen molar-refractivity contribution < 1.29 is 28.5 Å². The van der Waals surface area contributed by atoms with E-state index in [4.69, 9.17) is 9.47 Å². The summed E-state index contributed by atoms with van der Waals surface area (Å²) in [4.78, 5) is 25.3. The minimum Gasteiger partial charge on any atom is -0.496 e. The first-order valence-electron chi connectivity index (χ1n) is 11.6. The summed E-state index contributed by atoms with van der Waals surface area (Å²) >= 11 is 0. The average Bonchev–Trinajstić information content (AvgIpc) is 3.27. The third-order valence-electron chi connectivity index (χ3n) is 7.17. The Morgan fingerprint density at radius 3 is 2.34 bits per heavy atom. The molecule has 1 saturated heterocycles.